The number of hydrogen-bond acceptors (Lipinski definition) is 3. The highest BCUT2D eigenvalue weighted by atomic mass is 16.5. The molecule has 0 aliphatic carbocycles. The summed E-state index contributed by atoms with van der Waals surface area (Å²) in [5.41, 5.74) is 1.12. The first-order valence-corrected chi connectivity index (χ1v) is 7.36. The van der Waals surface area contributed by atoms with Gasteiger partial charge in [0, 0.05) is 12.6 Å². The Balaban J connectivity index is 1.72. The minimum Gasteiger partial charge on any atom is -0.377 e. The lowest BCUT2D eigenvalue weighted by Crippen LogP contribution is -2.43. The van der Waals surface area contributed by atoms with Crippen LogP contribution in [-0.4, -0.2) is 31.2 Å². The van der Waals surface area contributed by atoms with Crippen LogP contribution in [0.2, 0.25) is 0 Å². The van der Waals surface area contributed by atoms with E-state index in [1.54, 1.807) is 0 Å². The predicted molar refractivity (Wildman–Crippen MR) is 79.4 cm³/mol. The van der Waals surface area contributed by atoms with Crippen molar-refractivity contribution in [2.24, 2.45) is 0 Å². The number of amides is 1. The quantitative estimate of drug-likeness (QED) is 0.836. The molecule has 1 saturated heterocycles. The SMILES string of the molecule is C[C@H](NC(=O)CN[C@H](C)[C@H]1CCCO1)c1ccccc1. The molecule has 0 unspecified atom stereocenters. The maximum atomic E-state index is 11.9. The van der Waals surface area contributed by atoms with Gasteiger partial charge in [-0.3, -0.25) is 4.79 Å². The summed E-state index contributed by atoms with van der Waals surface area (Å²) in [4.78, 5) is 11.9. The number of nitrogens with one attached hydrogen (secondary N) is 2. The normalized spacial score (nSPS) is 21.4. The molecule has 4 heteroatoms. The van der Waals surface area contributed by atoms with Gasteiger partial charge in [0.1, 0.15) is 0 Å². The zero-order chi connectivity index (χ0) is 14.4. The standard InChI is InChI=1S/C16H24N2O2/c1-12(14-7-4-3-5-8-14)18-16(19)11-17-13(2)15-9-6-10-20-15/h3-5,7-8,12-13,15,17H,6,9-11H2,1-2H3,(H,18,19)/t12-,13+,15+/m0/s1. The number of rotatable bonds is 6. The topological polar surface area (TPSA) is 50.4 Å². The van der Waals surface area contributed by atoms with Crippen molar-refractivity contribution < 1.29 is 9.53 Å². The number of benzene rings is 1. The van der Waals surface area contributed by atoms with Crippen LogP contribution in [0.5, 0.6) is 0 Å². The second-order valence-corrected chi connectivity index (χ2v) is 5.42. The van der Waals surface area contributed by atoms with E-state index in [2.05, 4.69) is 17.6 Å². The minimum absolute atomic E-state index is 0.0196. The molecule has 0 saturated carbocycles. The summed E-state index contributed by atoms with van der Waals surface area (Å²) in [5, 5.41) is 6.24. The van der Waals surface area contributed by atoms with Crippen LogP contribution in [0.1, 0.15) is 38.3 Å². The van der Waals surface area contributed by atoms with Gasteiger partial charge in [0.05, 0.1) is 18.7 Å². The molecule has 1 amide bonds. The van der Waals surface area contributed by atoms with E-state index in [1.165, 1.54) is 0 Å². The van der Waals surface area contributed by atoms with Gasteiger partial charge in [0.15, 0.2) is 0 Å². The Morgan fingerprint density at radius 1 is 1.35 bits per heavy atom. The van der Waals surface area contributed by atoms with Gasteiger partial charge in [0.2, 0.25) is 5.91 Å². The summed E-state index contributed by atoms with van der Waals surface area (Å²) >= 11 is 0. The maximum Gasteiger partial charge on any atom is 0.234 e. The van der Waals surface area contributed by atoms with Crippen LogP contribution < -0.4 is 10.6 Å². The summed E-state index contributed by atoms with van der Waals surface area (Å²) in [5.74, 6) is 0.0196. The fraction of sp³-hybridized carbons (Fsp3) is 0.562. The summed E-state index contributed by atoms with van der Waals surface area (Å²) in [6.45, 7) is 5.24. The molecule has 0 spiro atoms. The number of carbonyl (C=O) groups is 1. The molecule has 1 fully saturated rings. The van der Waals surface area contributed by atoms with Crippen LogP contribution in [0.3, 0.4) is 0 Å². The van der Waals surface area contributed by atoms with E-state index >= 15 is 0 Å². The summed E-state index contributed by atoms with van der Waals surface area (Å²) in [6.07, 6.45) is 2.44. The second kappa shape index (κ2) is 7.41. The van der Waals surface area contributed by atoms with Crippen molar-refractivity contribution in [1.82, 2.24) is 10.6 Å². The number of ether oxygens (including phenoxy) is 1. The second-order valence-electron chi connectivity index (χ2n) is 5.42. The molecule has 3 atom stereocenters. The fourth-order valence-electron chi connectivity index (χ4n) is 2.50. The Morgan fingerprint density at radius 2 is 2.10 bits per heavy atom. The smallest absolute Gasteiger partial charge is 0.234 e. The highest BCUT2D eigenvalue weighted by Crippen LogP contribution is 2.15. The van der Waals surface area contributed by atoms with E-state index in [9.17, 15) is 4.79 Å². The lowest BCUT2D eigenvalue weighted by molar-refractivity contribution is -0.121. The molecule has 0 radical (unpaired) electrons. The first-order chi connectivity index (χ1) is 9.66. The maximum absolute atomic E-state index is 11.9. The van der Waals surface area contributed by atoms with Gasteiger partial charge < -0.3 is 15.4 Å². The van der Waals surface area contributed by atoms with Crippen molar-refractivity contribution in [3.8, 4) is 0 Å². The molecule has 1 aliphatic rings. The Kier molecular flexibility index (Phi) is 5.56. The van der Waals surface area contributed by atoms with Gasteiger partial charge in [0.25, 0.3) is 0 Å². The Bertz CT molecular complexity index is 416. The fourth-order valence-corrected chi connectivity index (χ4v) is 2.50. The molecule has 0 bridgehead atoms. The molecule has 20 heavy (non-hydrogen) atoms. The van der Waals surface area contributed by atoms with E-state index < -0.39 is 0 Å². The first-order valence-electron chi connectivity index (χ1n) is 7.36. The average Bonchev–Trinajstić information content (AvgIpc) is 3.00. The molecule has 2 rings (SSSR count). The molecule has 1 aliphatic heterocycles. The first kappa shape index (κ1) is 15.0. The van der Waals surface area contributed by atoms with Crippen molar-refractivity contribution in [3.63, 3.8) is 0 Å². The largest absolute Gasteiger partial charge is 0.377 e. The number of carbonyl (C=O) groups excluding carboxylic acids is 1. The van der Waals surface area contributed by atoms with Crippen molar-refractivity contribution in [1.29, 1.82) is 0 Å². The van der Waals surface area contributed by atoms with Crippen molar-refractivity contribution in [2.75, 3.05) is 13.2 Å². The van der Waals surface area contributed by atoms with Crippen molar-refractivity contribution >= 4 is 5.91 Å². The van der Waals surface area contributed by atoms with E-state index in [0.29, 0.717) is 6.54 Å². The molecular weight excluding hydrogens is 252 g/mol. The average molecular weight is 276 g/mol. The molecule has 4 nitrogen and oxygen atoms in total. The zero-order valence-corrected chi connectivity index (χ0v) is 12.3. The highest BCUT2D eigenvalue weighted by molar-refractivity contribution is 5.78. The van der Waals surface area contributed by atoms with Crippen molar-refractivity contribution in [3.05, 3.63) is 35.9 Å². The molecule has 1 heterocycles. The van der Waals surface area contributed by atoms with Crippen LogP contribution in [0.4, 0.5) is 0 Å². The zero-order valence-electron chi connectivity index (χ0n) is 12.3. The summed E-state index contributed by atoms with van der Waals surface area (Å²) in [6, 6.07) is 10.2. The van der Waals surface area contributed by atoms with Gasteiger partial charge >= 0.3 is 0 Å². The highest BCUT2D eigenvalue weighted by Gasteiger charge is 2.22. The van der Waals surface area contributed by atoms with Crippen LogP contribution in [0.15, 0.2) is 30.3 Å². The van der Waals surface area contributed by atoms with Crippen LogP contribution in [0.25, 0.3) is 0 Å². The van der Waals surface area contributed by atoms with Gasteiger partial charge in [-0.15, -0.1) is 0 Å². The van der Waals surface area contributed by atoms with Crippen LogP contribution in [0, 0.1) is 0 Å². The monoisotopic (exact) mass is 276 g/mol. The van der Waals surface area contributed by atoms with Gasteiger partial charge in [-0.2, -0.15) is 0 Å². The third-order valence-electron chi connectivity index (χ3n) is 3.78. The molecule has 110 valence electrons. The summed E-state index contributed by atoms with van der Waals surface area (Å²) < 4.78 is 5.60. The molecular formula is C16H24N2O2. The van der Waals surface area contributed by atoms with E-state index in [4.69, 9.17) is 4.74 Å². The third kappa shape index (κ3) is 4.32. The third-order valence-corrected chi connectivity index (χ3v) is 3.78. The Labute approximate surface area is 120 Å². The van der Waals surface area contributed by atoms with E-state index in [-0.39, 0.29) is 24.1 Å². The number of hydrogen-bond donors (Lipinski definition) is 2. The lowest BCUT2D eigenvalue weighted by atomic mass is 10.1. The molecule has 0 aromatic heterocycles. The van der Waals surface area contributed by atoms with Gasteiger partial charge in [-0.05, 0) is 32.3 Å². The van der Waals surface area contributed by atoms with E-state index in [1.807, 2.05) is 37.3 Å². The molecule has 2 N–H and O–H groups in total. The Morgan fingerprint density at radius 3 is 2.75 bits per heavy atom. The Hall–Kier alpha value is -1.39. The van der Waals surface area contributed by atoms with Crippen molar-refractivity contribution in [2.45, 2.75) is 44.9 Å². The predicted octanol–water partition coefficient (Wildman–Crippen LogP) is 2.02. The minimum atomic E-state index is 0.0196. The van der Waals surface area contributed by atoms with Crippen LogP contribution in [-0.2, 0) is 9.53 Å². The molecule has 1 aromatic carbocycles. The molecule has 1 aromatic rings. The van der Waals surface area contributed by atoms with Gasteiger partial charge in [-0.25, -0.2) is 0 Å². The van der Waals surface area contributed by atoms with E-state index in [0.717, 1.165) is 25.0 Å². The lowest BCUT2D eigenvalue weighted by Gasteiger charge is -2.20. The van der Waals surface area contributed by atoms with Crippen LogP contribution >= 0.6 is 0 Å². The summed E-state index contributed by atoms with van der Waals surface area (Å²) in [7, 11) is 0. The van der Waals surface area contributed by atoms with Gasteiger partial charge in [-0.1, -0.05) is 30.3 Å².